The summed E-state index contributed by atoms with van der Waals surface area (Å²) in [6.45, 7) is 6.30. The van der Waals surface area contributed by atoms with Gasteiger partial charge in [0, 0.05) is 30.2 Å². The Hall–Kier alpha value is -2.49. The van der Waals surface area contributed by atoms with E-state index in [1.807, 2.05) is 44.2 Å². The van der Waals surface area contributed by atoms with Crippen LogP contribution in [0.5, 0.6) is 0 Å². The van der Waals surface area contributed by atoms with Gasteiger partial charge in [-0.15, -0.1) is 0 Å². The molecular weight excluding hydrogens is 286 g/mol. The minimum absolute atomic E-state index is 0.215. The molecule has 3 rings (SSSR count). The summed E-state index contributed by atoms with van der Waals surface area (Å²) in [5.41, 5.74) is 5.12. The molecule has 2 N–H and O–H groups in total. The average Bonchev–Trinajstić information content (AvgIpc) is 3.07. The van der Waals surface area contributed by atoms with E-state index in [-0.39, 0.29) is 6.03 Å². The molecule has 2 amide bonds. The highest BCUT2D eigenvalue weighted by Gasteiger charge is 2.12. The predicted octanol–water partition coefficient (Wildman–Crippen LogP) is 4.55. The molecule has 1 heterocycles. The van der Waals surface area contributed by atoms with E-state index in [2.05, 4.69) is 27.7 Å². The van der Waals surface area contributed by atoms with Crippen LogP contribution in [-0.2, 0) is 0 Å². The van der Waals surface area contributed by atoms with Crippen LogP contribution in [-0.4, -0.2) is 19.1 Å². The molecule has 0 unspecified atom stereocenters. The van der Waals surface area contributed by atoms with Crippen LogP contribution < -0.4 is 15.5 Å². The molecule has 2 aromatic carbocycles. The Labute approximate surface area is 137 Å². The van der Waals surface area contributed by atoms with Crippen molar-refractivity contribution < 1.29 is 4.79 Å². The van der Waals surface area contributed by atoms with Gasteiger partial charge in [0.25, 0.3) is 0 Å². The molecule has 1 fully saturated rings. The lowest BCUT2D eigenvalue weighted by atomic mass is 10.1. The number of hydrogen-bond donors (Lipinski definition) is 2. The molecule has 0 aromatic heterocycles. The Morgan fingerprint density at radius 3 is 2.35 bits per heavy atom. The maximum Gasteiger partial charge on any atom is 0.323 e. The standard InChI is InChI=1S/C19H23N3O/c1-14-6-5-7-18(15(14)2)21-19(23)20-16-8-10-17(11-9-16)22-12-3-4-13-22/h5-11H,3-4,12-13H2,1-2H3,(H2,20,21,23). The Morgan fingerprint density at radius 2 is 1.65 bits per heavy atom. The smallest absolute Gasteiger partial charge is 0.323 e. The average molecular weight is 309 g/mol. The van der Waals surface area contributed by atoms with Crippen molar-refractivity contribution in [1.29, 1.82) is 0 Å². The van der Waals surface area contributed by atoms with Crippen molar-refractivity contribution in [3.8, 4) is 0 Å². The summed E-state index contributed by atoms with van der Waals surface area (Å²) in [5, 5.41) is 5.80. The monoisotopic (exact) mass is 309 g/mol. The highest BCUT2D eigenvalue weighted by Crippen LogP contribution is 2.22. The van der Waals surface area contributed by atoms with Crippen LogP contribution in [0.15, 0.2) is 42.5 Å². The fourth-order valence-electron chi connectivity index (χ4n) is 2.90. The zero-order valence-corrected chi connectivity index (χ0v) is 13.7. The lowest BCUT2D eigenvalue weighted by Crippen LogP contribution is -2.20. The summed E-state index contributed by atoms with van der Waals surface area (Å²) >= 11 is 0. The first-order valence-electron chi connectivity index (χ1n) is 8.13. The van der Waals surface area contributed by atoms with Crippen LogP contribution in [0.25, 0.3) is 0 Å². The summed E-state index contributed by atoms with van der Waals surface area (Å²) in [7, 11) is 0. The number of urea groups is 1. The second-order valence-corrected chi connectivity index (χ2v) is 6.07. The summed E-state index contributed by atoms with van der Waals surface area (Å²) in [6.07, 6.45) is 2.52. The topological polar surface area (TPSA) is 44.4 Å². The van der Waals surface area contributed by atoms with Crippen LogP contribution in [0.1, 0.15) is 24.0 Å². The number of nitrogens with one attached hydrogen (secondary N) is 2. The van der Waals surface area contributed by atoms with E-state index in [1.54, 1.807) is 0 Å². The van der Waals surface area contributed by atoms with Gasteiger partial charge in [0.2, 0.25) is 0 Å². The lowest BCUT2D eigenvalue weighted by Gasteiger charge is -2.18. The highest BCUT2D eigenvalue weighted by molar-refractivity contribution is 6.00. The maximum atomic E-state index is 12.2. The summed E-state index contributed by atoms with van der Waals surface area (Å²) in [6, 6.07) is 13.7. The zero-order valence-electron chi connectivity index (χ0n) is 13.7. The third kappa shape index (κ3) is 3.65. The summed E-state index contributed by atoms with van der Waals surface area (Å²) in [5.74, 6) is 0. The summed E-state index contributed by atoms with van der Waals surface area (Å²) in [4.78, 5) is 14.5. The molecule has 1 aliphatic rings. The van der Waals surface area contributed by atoms with Gasteiger partial charge in [0.1, 0.15) is 0 Å². The first-order valence-corrected chi connectivity index (χ1v) is 8.13. The quantitative estimate of drug-likeness (QED) is 0.873. The number of carbonyl (C=O) groups excluding carboxylic acids is 1. The van der Waals surface area contributed by atoms with Crippen molar-refractivity contribution in [2.45, 2.75) is 26.7 Å². The van der Waals surface area contributed by atoms with Crippen molar-refractivity contribution in [3.63, 3.8) is 0 Å². The fourth-order valence-corrected chi connectivity index (χ4v) is 2.90. The van der Waals surface area contributed by atoms with E-state index in [1.165, 1.54) is 18.5 Å². The Morgan fingerprint density at radius 1 is 0.957 bits per heavy atom. The fraction of sp³-hybridized carbons (Fsp3) is 0.316. The van der Waals surface area contributed by atoms with E-state index < -0.39 is 0 Å². The van der Waals surface area contributed by atoms with E-state index in [0.717, 1.165) is 35.6 Å². The van der Waals surface area contributed by atoms with Gasteiger partial charge in [-0.25, -0.2) is 4.79 Å². The molecule has 2 aromatic rings. The zero-order chi connectivity index (χ0) is 16.2. The SMILES string of the molecule is Cc1cccc(NC(=O)Nc2ccc(N3CCCC3)cc2)c1C. The van der Waals surface area contributed by atoms with Crippen molar-refractivity contribution in [2.24, 2.45) is 0 Å². The number of benzene rings is 2. The number of carbonyl (C=O) groups is 1. The minimum atomic E-state index is -0.215. The van der Waals surface area contributed by atoms with Crippen molar-refractivity contribution in [3.05, 3.63) is 53.6 Å². The maximum absolute atomic E-state index is 12.2. The van der Waals surface area contributed by atoms with Crippen molar-refractivity contribution >= 4 is 23.1 Å². The number of hydrogen-bond acceptors (Lipinski definition) is 2. The van der Waals surface area contributed by atoms with E-state index >= 15 is 0 Å². The molecule has 0 radical (unpaired) electrons. The van der Waals surface area contributed by atoms with Gasteiger partial charge in [0.05, 0.1) is 0 Å². The predicted molar refractivity (Wildman–Crippen MR) is 96.4 cm³/mol. The van der Waals surface area contributed by atoms with Gasteiger partial charge >= 0.3 is 6.03 Å². The molecule has 0 saturated carbocycles. The number of anilines is 3. The molecule has 120 valence electrons. The third-order valence-electron chi connectivity index (χ3n) is 4.45. The number of aryl methyl sites for hydroxylation is 1. The van der Waals surface area contributed by atoms with E-state index in [9.17, 15) is 4.79 Å². The molecule has 1 saturated heterocycles. The summed E-state index contributed by atoms with van der Waals surface area (Å²) < 4.78 is 0. The molecular formula is C19H23N3O. The molecule has 0 bridgehead atoms. The molecule has 4 nitrogen and oxygen atoms in total. The Balaban J connectivity index is 1.62. The largest absolute Gasteiger partial charge is 0.372 e. The first-order chi connectivity index (χ1) is 11.1. The Kier molecular flexibility index (Phi) is 4.51. The minimum Gasteiger partial charge on any atom is -0.372 e. The molecule has 1 aliphatic heterocycles. The van der Waals surface area contributed by atoms with Crippen LogP contribution >= 0.6 is 0 Å². The second-order valence-electron chi connectivity index (χ2n) is 6.07. The molecule has 0 spiro atoms. The third-order valence-corrected chi connectivity index (χ3v) is 4.45. The van der Waals surface area contributed by atoms with Gasteiger partial charge in [-0.3, -0.25) is 0 Å². The van der Waals surface area contributed by atoms with Crippen LogP contribution in [0.4, 0.5) is 21.9 Å². The van der Waals surface area contributed by atoms with Crippen molar-refractivity contribution in [1.82, 2.24) is 0 Å². The first kappa shape index (κ1) is 15.4. The van der Waals surface area contributed by atoms with Gasteiger partial charge in [-0.2, -0.15) is 0 Å². The van der Waals surface area contributed by atoms with Crippen LogP contribution in [0.3, 0.4) is 0 Å². The van der Waals surface area contributed by atoms with E-state index in [0.29, 0.717) is 0 Å². The lowest BCUT2D eigenvalue weighted by molar-refractivity contribution is 0.262. The number of amides is 2. The highest BCUT2D eigenvalue weighted by atomic mass is 16.2. The van der Waals surface area contributed by atoms with Crippen LogP contribution in [0.2, 0.25) is 0 Å². The molecule has 23 heavy (non-hydrogen) atoms. The normalized spacial score (nSPS) is 13.9. The van der Waals surface area contributed by atoms with E-state index in [4.69, 9.17) is 0 Å². The van der Waals surface area contributed by atoms with Crippen LogP contribution in [0, 0.1) is 13.8 Å². The molecule has 0 aliphatic carbocycles. The number of nitrogens with zero attached hydrogens (tertiary/aromatic N) is 1. The Bertz CT molecular complexity index is 688. The van der Waals surface area contributed by atoms with Gasteiger partial charge in [-0.1, -0.05) is 12.1 Å². The second kappa shape index (κ2) is 6.73. The molecule has 0 atom stereocenters. The van der Waals surface area contributed by atoms with Gasteiger partial charge < -0.3 is 15.5 Å². The number of rotatable bonds is 3. The van der Waals surface area contributed by atoms with Crippen molar-refractivity contribution in [2.75, 3.05) is 28.6 Å². The molecule has 4 heteroatoms. The van der Waals surface area contributed by atoms with Gasteiger partial charge in [0.15, 0.2) is 0 Å². The van der Waals surface area contributed by atoms with Gasteiger partial charge in [-0.05, 0) is 68.1 Å².